The molecule has 0 aliphatic rings. The van der Waals surface area contributed by atoms with Gasteiger partial charge in [-0.3, -0.25) is 4.79 Å². The lowest BCUT2D eigenvalue weighted by Gasteiger charge is -1.59. The van der Waals surface area contributed by atoms with Crippen LogP contribution in [0.25, 0.3) is 0 Å². The van der Waals surface area contributed by atoms with E-state index in [1.54, 1.807) is 0 Å². The van der Waals surface area contributed by atoms with E-state index in [2.05, 4.69) is 0 Å². The lowest BCUT2D eigenvalue weighted by Crippen LogP contribution is -1.91. The molecule has 0 fully saturated rings. The second kappa shape index (κ2) is 9.26. The highest BCUT2D eigenvalue weighted by atomic mass is 16.4. The lowest BCUT2D eigenvalue weighted by molar-refractivity contribution is -0.143. The number of aliphatic carboxylic acids is 1. The summed E-state index contributed by atoms with van der Waals surface area (Å²) in [5, 5.41) is 7.35. The third-order valence-corrected chi connectivity index (χ3v) is 0.101. The van der Waals surface area contributed by atoms with Gasteiger partial charge in [0.25, 0.3) is 0 Å². The van der Waals surface area contributed by atoms with Gasteiger partial charge in [-0.2, -0.15) is 0 Å². The van der Waals surface area contributed by atoms with Gasteiger partial charge in [-0.1, -0.05) is 0 Å². The smallest absolute Gasteiger partial charge is 0.368 e. The highest BCUT2D eigenvalue weighted by molar-refractivity contribution is 6.19. The molecule has 4 nitrogen and oxygen atoms in total. The number of rotatable bonds is 1. The Balaban J connectivity index is 0. The van der Waals surface area contributed by atoms with Crippen LogP contribution in [-0.2, 0) is 14.4 Å². The van der Waals surface area contributed by atoms with E-state index in [0.717, 1.165) is 6.29 Å². The van der Waals surface area contributed by atoms with Gasteiger partial charge >= 0.3 is 5.97 Å². The number of carbonyl (C=O) groups is 3. The van der Waals surface area contributed by atoms with Crippen molar-refractivity contribution in [2.75, 3.05) is 0 Å². The highest BCUT2D eigenvalue weighted by Crippen LogP contribution is 1.39. The predicted molar refractivity (Wildman–Crippen MR) is 25.4 cm³/mol. The highest BCUT2D eigenvalue weighted by Gasteiger charge is 1.80. The first-order chi connectivity index (χ1) is 3.68. The van der Waals surface area contributed by atoms with Crippen LogP contribution in [0, 0.1) is 0 Å². The van der Waals surface area contributed by atoms with E-state index in [4.69, 9.17) is 19.5 Å². The van der Waals surface area contributed by atoms with Crippen LogP contribution in [0.2, 0.25) is 0 Å². The fourth-order valence-electron chi connectivity index (χ4n) is 0. The summed E-state index contributed by atoms with van der Waals surface area (Å²) in [4.78, 5) is 26.7. The van der Waals surface area contributed by atoms with Gasteiger partial charge in [0.2, 0.25) is 6.29 Å². The van der Waals surface area contributed by atoms with E-state index in [-0.39, 0.29) is 6.29 Å². The Hall–Kier alpha value is -1.19. The largest absolute Gasteiger partial charge is 0.476 e. The maximum Gasteiger partial charge on any atom is 0.368 e. The molecule has 8 heavy (non-hydrogen) atoms. The fourth-order valence-corrected chi connectivity index (χ4v) is 0. The predicted octanol–water partition coefficient (Wildman–Crippen LogP) is -0.525. The molecule has 46 valence electrons. The van der Waals surface area contributed by atoms with Crippen molar-refractivity contribution in [3.63, 3.8) is 0 Å². The molecule has 0 spiro atoms. The second-order valence-corrected chi connectivity index (χ2v) is 0.692. The van der Waals surface area contributed by atoms with Gasteiger partial charge in [-0.15, -0.1) is 0 Å². The number of hydrogen-bond donors (Lipinski definition) is 1. The molecule has 0 bridgehead atoms. The zero-order chi connectivity index (χ0) is 6.99. The minimum absolute atomic E-state index is 0.167. The number of carboxylic acids is 1. The van der Waals surface area contributed by atoms with Crippen LogP contribution in [0.5, 0.6) is 0 Å². The molecule has 0 radical (unpaired) electrons. The van der Waals surface area contributed by atoms with E-state index >= 15 is 0 Å². The molecule has 0 amide bonds. The van der Waals surface area contributed by atoms with Crippen LogP contribution in [-0.4, -0.2) is 23.6 Å². The lowest BCUT2D eigenvalue weighted by atomic mass is 10.8. The molecule has 0 aromatic carbocycles. The Morgan fingerprint density at radius 3 is 1.62 bits per heavy atom. The number of hydrogen-bond acceptors (Lipinski definition) is 3. The van der Waals surface area contributed by atoms with Crippen LogP contribution in [0.4, 0.5) is 0 Å². The minimum Gasteiger partial charge on any atom is -0.476 e. The van der Waals surface area contributed by atoms with Gasteiger partial charge in [0.15, 0.2) is 0 Å². The maximum atomic E-state index is 9.00. The van der Waals surface area contributed by atoms with Crippen LogP contribution < -0.4 is 0 Å². The summed E-state index contributed by atoms with van der Waals surface area (Å²) < 4.78 is 0. The summed E-state index contributed by atoms with van der Waals surface area (Å²) in [6.45, 7) is 1.44. The first-order valence-corrected chi connectivity index (χ1v) is 1.77. The van der Waals surface area contributed by atoms with Crippen molar-refractivity contribution in [1.29, 1.82) is 0 Å². The molecule has 0 rings (SSSR count). The van der Waals surface area contributed by atoms with Gasteiger partial charge in [-0.25, -0.2) is 4.79 Å². The van der Waals surface area contributed by atoms with Crippen LogP contribution in [0.3, 0.4) is 0 Å². The topological polar surface area (TPSA) is 71.4 Å². The molecular weight excluding hydrogens is 112 g/mol. The molecule has 0 atom stereocenters. The van der Waals surface area contributed by atoms with Crippen LogP contribution in [0.1, 0.15) is 6.92 Å². The molecule has 4 heteroatoms. The minimum atomic E-state index is -1.43. The van der Waals surface area contributed by atoms with E-state index in [9.17, 15) is 0 Å². The zero-order valence-corrected chi connectivity index (χ0v) is 4.33. The molecule has 0 saturated carbocycles. The Labute approximate surface area is 46.1 Å². The van der Waals surface area contributed by atoms with Gasteiger partial charge in [0.05, 0.1) is 0 Å². The monoisotopic (exact) mass is 118 g/mol. The molecule has 0 heterocycles. The molecule has 0 aromatic rings. The van der Waals surface area contributed by atoms with Crippen LogP contribution in [0.15, 0.2) is 0 Å². The molecule has 0 aliphatic heterocycles. The third kappa shape index (κ3) is 106. The molecular formula is C4H6O4. The average Bonchev–Trinajstić information content (AvgIpc) is 1.69. The summed E-state index contributed by atoms with van der Waals surface area (Å²) in [6, 6.07) is 0. The first-order valence-electron chi connectivity index (χ1n) is 1.77. The van der Waals surface area contributed by atoms with Crippen molar-refractivity contribution in [3.05, 3.63) is 0 Å². The normalized spacial score (nSPS) is 5.62. The molecule has 0 aromatic heterocycles. The molecule has 0 unspecified atom stereocenters. The maximum absolute atomic E-state index is 9.00. The van der Waals surface area contributed by atoms with Crippen molar-refractivity contribution in [2.24, 2.45) is 0 Å². The fraction of sp³-hybridized carbons (Fsp3) is 0.250. The van der Waals surface area contributed by atoms with Crippen LogP contribution >= 0.6 is 0 Å². The summed E-state index contributed by atoms with van der Waals surface area (Å²) >= 11 is 0. The van der Waals surface area contributed by atoms with E-state index < -0.39 is 5.97 Å². The number of carbonyl (C=O) groups excluding carboxylic acids is 2. The standard InChI is InChI=1S/C2H2O3.C2H4O/c3-1-2(4)5;1-2-3/h1H,(H,4,5);2H,1H3. The third-order valence-electron chi connectivity index (χ3n) is 0.101. The summed E-state index contributed by atoms with van der Waals surface area (Å²) in [6.07, 6.45) is 0.583. The molecule has 0 aliphatic carbocycles. The SMILES string of the molecule is CC=O.O=CC(=O)O. The van der Waals surface area contributed by atoms with Gasteiger partial charge in [0, 0.05) is 0 Å². The molecule has 1 N–H and O–H groups in total. The van der Waals surface area contributed by atoms with Gasteiger partial charge in [0.1, 0.15) is 6.29 Å². The quantitative estimate of drug-likeness (QED) is 0.371. The van der Waals surface area contributed by atoms with Crippen molar-refractivity contribution in [3.8, 4) is 0 Å². The Morgan fingerprint density at radius 1 is 1.50 bits per heavy atom. The summed E-state index contributed by atoms with van der Waals surface area (Å²) in [5.41, 5.74) is 0. The number of carboxylic acid groups (broad SMARTS) is 1. The number of aldehydes is 2. The molecule has 0 saturated heterocycles. The van der Waals surface area contributed by atoms with Crippen molar-refractivity contribution >= 4 is 18.5 Å². The van der Waals surface area contributed by atoms with E-state index in [1.165, 1.54) is 6.92 Å². The summed E-state index contributed by atoms with van der Waals surface area (Å²) in [5.74, 6) is -1.43. The first kappa shape index (κ1) is 9.94. The van der Waals surface area contributed by atoms with Gasteiger partial charge < -0.3 is 9.90 Å². The zero-order valence-electron chi connectivity index (χ0n) is 4.33. The van der Waals surface area contributed by atoms with E-state index in [0.29, 0.717) is 0 Å². The van der Waals surface area contributed by atoms with Crippen molar-refractivity contribution in [1.82, 2.24) is 0 Å². The van der Waals surface area contributed by atoms with E-state index in [1.807, 2.05) is 0 Å². The Bertz CT molecular complexity index is 86.0. The Morgan fingerprint density at radius 2 is 1.62 bits per heavy atom. The second-order valence-electron chi connectivity index (χ2n) is 0.692. The average molecular weight is 118 g/mol. The van der Waals surface area contributed by atoms with Crippen molar-refractivity contribution < 1.29 is 19.5 Å². The summed E-state index contributed by atoms with van der Waals surface area (Å²) in [7, 11) is 0. The van der Waals surface area contributed by atoms with Crippen molar-refractivity contribution in [2.45, 2.75) is 6.92 Å². The Kier molecular flexibility index (Phi) is 11.5. The van der Waals surface area contributed by atoms with Gasteiger partial charge in [-0.05, 0) is 6.92 Å².